The van der Waals surface area contributed by atoms with E-state index >= 15 is 0 Å². The van der Waals surface area contributed by atoms with E-state index in [4.69, 9.17) is 8.92 Å². The summed E-state index contributed by atoms with van der Waals surface area (Å²) in [5.74, 6) is 0.484. The van der Waals surface area contributed by atoms with Gasteiger partial charge in [0.1, 0.15) is 6.54 Å². The molecule has 1 aliphatic heterocycles. The van der Waals surface area contributed by atoms with Crippen LogP contribution >= 0.6 is 0 Å². The quantitative estimate of drug-likeness (QED) is 0.171. The van der Waals surface area contributed by atoms with E-state index in [2.05, 4.69) is 26.0 Å². The molecule has 1 heterocycles. The van der Waals surface area contributed by atoms with Crippen LogP contribution in [-0.4, -0.2) is 56.2 Å². The van der Waals surface area contributed by atoms with Gasteiger partial charge in [-0.15, -0.1) is 0 Å². The predicted octanol–water partition coefficient (Wildman–Crippen LogP) is 5.44. The summed E-state index contributed by atoms with van der Waals surface area (Å²) in [5, 5.41) is 0. The van der Waals surface area contributed by atoms with Gasteiger partial charge in [-0.25, -0.2) is 8.76 Å². The molecule has 0 aromatic heterocycles. The van der Waals surface area contributed by atoms with Crippen molar-refractivity contribution in [1.82, 2.24) is 0 Å². The van der Waals surface area contributed by atoms with E-state index in [1.807, 2.05) is 22.9 Å². The van der Waals surface area contributed by atoms with Gasteiger partial charge in [0.25, 0.3) is 0 Å². The van der Waals surface area contributed by atoms with Crippen LogP contribution in [0.3, 0.4) is 0 Å². The lowest BCUT2D eigenvalue weighted by Crippen LogP contribution is -2.36. The summed E-state index contributed by atoms with van der Waals surface area (Å²) in [6.45, 7) is 6.32. The minimum absolute atomic E-state index is 0.145. The zero-order chi connectivity index (χ0) is 23.9. The highest BCUT2D eigenvalue weighted by molar-refractivity contribution is 7.80. The van der Waals surface area contributed by atoms with Gasteiger partial charge in [0.15, 0.2) is 18.9 Å². The molecular weight excluding hydrogens is 438 g/mol. The third kappa shape index (κ3) is 12.1. The number of hydrogen-bond acceptors (Lipinski definition) is 4. The van der Waals surface area contributed by atoms with Crippen molar-refractivity contribution in [3.05, 3.63) is 35.4 Å². The Morgan fingerprint density at radius 2 is 1.64 bits per heavy atom. The molecule has 0 aliphatic carbocycles. The Bertz CT molecular complexity index is 809. The zero-order valence-corrected chi connectivity index (χ0v) is 21.4. The molecule has 2 unspecified atom stereocenters. The Morgan fingerprint density at radius 1 is 0.970 bits per heavy atom. The van der Waals surface area contributed by atoms with Crippen molar-refractivity contribution in [3.8, 4) is 0 Å². The first-order valence-corrected chi connectivity index (χ1v) is 14.2. The summed E-state index contributed by atoms with van der Waals surface area (Å²) in [5.41, 5.74) is 2.42. The van der Waals surface area contributed by atoms with E-state index in [0.717, 1.165) is 31.4 Å². The zero-order valence-electron chi connectivity index (χ0n) is 20.6. The van der Waals surface area contributed by atoms with Gasteiger partial charge in [-0.3, -0.25) is 4.55 Å². The monoisotopic (exact) mass is 482 g/mol. The average Bonchev–Trinajstić information content (AvgIpc) is 2.77. The van der Waals surface area contributed by atoms with E-state index in [-0.39, 0.29) is 6.61 Å². The largest absolute Gasteiger partial charge is 0.397 e. The number of benzene rings is 1. The molecule has 1 N–H and O–H groups in total. The molecule has 1 aromatic carbocycles. The third-order valence-electron chi connectivity index (χ3n) is 6.33. The highest BCUT2D eigenvalue weighted by atomic mass is 32.3. The number of hydrogen-bond donors (Lipinski definition) is 1. The average molecular weight is 483 g/mol. The molecule has 0 saturated heterocycles. The smallest absolute Gasteiger partial charge is 0.378 e. The second kappa shape index (κ2) is 15.6. The van der Waals surface area contributed by atoms with Crippen molar-refractivity contribution < 1.29 is 26.5 Å². The van der Waals surface area contributed by atoms with Gasteiger partial charge in [0, 0.05) is 18.6 Å². The Kier molecular flexibility index (Phi) is 13.2. The van der Waals surface area contributed by atoms with Gasteiger partial charge < -0.3 is 4.74 Å². The Morgan fingerprint density at radius 3 is 2.36 bits per heavy atom. The Labute approximate surface area is 201 Å². The van der Waals surface area contributed by atoms with Crippen molar-refractivity contribution in [2.75, 3.05) is 26.3 Å². The number of rotatable bonds is 18. The lowest BCUT2D eigenvalue weighted by Gasteiger charge is -2.20. The van der Waals surface area contributed by atoms with Crippen LogP contribution in [0.15, 0.2) is 24.3 Å². The molecule has 0 spiro atoms. The molecule has 2 rings (SSSR count). The van der Waals surface area contributed by atoms with Crippen LogP contribution in [-0.2, 0) is 25.7 Å². The molecule has 0 bridgehead atoms. The molecule has 1 aromatic rings. The highest BCUT2D eigenvalue weighted by Crippen LogP contribution is 2.19. The predicted molar refractivity (Wildman–Crippen MR) is 134 cm³/mol. The van der Waals surface area contributed by atoms with Crippen molar-refractivity contribution >= 4 is 16.6 Å². The van der Waals surface area contributed by atoms with E-state index in [1.54, 1.807) is 0 Å². The summed E-state index contributed by atoms with van der Waals surface area (Å²) in [6, 6.07) is 8.19. The minimum Gasteiger partial charge on any atom is -0.378 e. The van der Waals surface area contributed by atoms with Gasteiger partial charge >= 0.3 is 10.4 Å². The van der Waals surface area contributed by atoms with E-state index in [9.17, 15) is 13.0 Å². The maximum absolute atomic E-state index is 11.4. The standard InChI is InChI=1S/C26H43NO5S/c1-3-5-7-8-10-14-23(13-9-6-4-2)21-31-22-26(32-33(28,29)30)20-27-18-17-24-15-11-12-16-25(24)19-27/h11-12,15-16,19,23,26H,3-10,13-14,17-18,20-22H2,1-2H3/p+1. The second-order valence-electron chi connectivity index (χ2n) is 9.32. The normalized spacial score (nSPS) is 15.7. The van der Waals surface area contributed by atoms with Crippen molar-refractivity contribution in [2.45, 2.75) is 90.6 Å². The molecule has 33 heavy (non-hydrogen) atoms. The molecule has 0 radical (unpaired) electrons. The van der Waals surface area contributed by atoms with Crippen LogP contribution in [0.5, 0.6) is 0 Å². The maximum Gasteiger partial charge on any atom is 0.397 e. The molecular formula is C26H44NO5S+. The Hall–Kier alpha value is -1.28. The van der Waals surface area contributed by atoms with Crippen LogP contribution in [0.2, 0.25) is 0 Å². The lowest BCUT2D eigenvalue weighted by atomic mass is 9.95. The summed E-state index contributed by atoms with van der Waals surface area (Å²) in [7, 11) is -4.55. The van der Waals surface area contributed by atoms with Crippen LogP contribution in [0, 0.1) is 5.92 Å². The molecule has 6 nitrogen and oxygen atoms in total. The van der Waals surface area contributed by atoms with Crippen molar-refractivity contribution in [1.29, 1.82) is 0 Å². The summed E-state index contributed by atoms with van der Waals surface area (Å²) in [6.07, 6.45) is 14.4. The van der Waals surface area contributed by atoms with Gasteiger partial charge in [0.05, 0.1) is 6.61 Å². The first-order chi connectivity index (χ1) is 15.9. The van der Waals surface area contributed by atoms with Crippen molar-refractivity contribution in [2.24, 2.45) is 5.92 Å². The van der Waals surface area contributed by atoms with Crippen LogP contribution in [0.1, 0.15) is 89.2 Å². The molecule has 0 saturated carbocycles. The molecule has 2 atom stereocenters. The Balaban J connectivity index is 1.89. The van der Waals surface area contributed by atoms with E-state index in [1.165, 1.54) is 56.9 Å². The topological polar surface area (TPSA) is 75.8 Å². The summed E-state index contributed by atoms with van der Waals surface area (Å²) >= 11 is 0. The minimum atomic E-state index is -4.55. The fourth-order valence-corrected chi connectivity index (χ4v) is 4.96. The van der Waals surface area contributed by atoms with Gasteiger partial charge in [0.2, 0.25) is 0 Å². The molecule has 0 amide bonds. The second-order valence-corrected chi connectivity index (χ2v) is 10.4. The summed E-state index contributed by atoms with van der Waals surface area (Å²) < 4.78 is 45.1. The van der Waals surface area contributed by atoms with Gasteiger partial charge in [-0.1, -0.05) is 83.4 Å². The van der Waals surface area contributed by atoms with E-state index < -0.39 is 16.5 Å². The molecule has 188 valence electrons. The van der Waals surface area contributed by atoms with Gasteiger partial charge in [-0.05, 0) is 30.4 Å². The number of fused-ring (bicyclic) bond motifs is 1. The fraction of sp³-hybridized carbons (Fsp3) is 0.731. The lowest BCUT2D eigenvalue weighted by molar-refractivity contribution is -0.532. The number of ether oxygens (including phenoxy) is 1. The number of unbranched alkanes of at least 4 members (excludes halogenated alkanes) is 6. The summed E-state index contributed by atoms with van der Waals surface area (Å²) in [4.78, 5) is 0. The van der Waals surface area contributed by atoms with Gasteiger partial charge in [-0.2, -0.15) is 8.42 Å². The van der Waals surface area contributed by atoms with Crippen LogP contribution in [0.4, 0.5) is 0 Å². The van der Waals surface area contributed by atoms with Crippen LogP contribution in [0.25, 0.3) is 0 Å². The first kappa shape index (κ1) is 28.0. The number of nitrogens with zero attached hydrogens (tertiary/aromatic N) is 1. The fourth-order valence-electron chi connectivity index (χ4n) is 4.50. The molecule has 7 heteroatoms. The highest BCUT2D eigenvalue weighted by Gasteiger charge is 2.25. The third-order valence-corrected chi connectivity index (χ3v) is 6.85. The molecule has 1 aliphatic rings. The van der Waals surface area contributed by atoms with Crippen molar-refractivity contribution in [3.63, 3.8) is 0 Å². The maximum atomic E-state index is 11.4. The van der Waals surface area contributed by atoms with Crippen LogP contribution < -0.4 is 0 Å². The first-order valence-electron chi connectivity index (χ1n) is 12.8. The SMILES string of the molecule is CCCCCCCC(CCCCC)COCC(C[N+]1=Cc2ccccc2CC1)OS(=O)(=O)O. The van der Waals surface area contributed by atoms with E-state index in [0.29, 0.717) is 19.1 Å². The molecule has 0 fully saturated rings.